The van der Waals surface area contributed by atoms with Crippen LogP contribution in [-0.4, -0.2) is 18.5 Å². The Morgan fingerprint density at radius 1 is 1.00 bits per heavy atom. The third-order valence-electron chi connectivity index (χ3n) is 2.87. The summed E-state index contributed by atoms with van der Waals surface area (Å²) < 4.78 is 10.6. The molecule has 0 radical (unpaired) electrons. The van der Waals surface area contributed by atoms with Crippen molar-refractivity contribution in [3.05, 3.63) is 71.9 Å². The van der Waals surface area contributed by atoms with Crippen molar-refractivity contribution in [2.75, 3.05) is 6.61 Å². The number of para-hydroxylation sites is 1. The molecule has 0 saturated heterocycles. The molecule has 2 aromatic carbocycles. The number of hydrogen-bond donors (Lipinski definition) is 0. The Morgan fingerprint density at radius 2 is 1.67 bits per heavy atom. The lowest BCUT2D eigenvalue weighted by molar-refractivity contribution is -0.130. The van der Waals surface area contributed by atoms with Crippen LogP contribution in [0.25, 0.3) is 6.08 Å². The van der Waals surface area contributed by atoms with E-state index in [1.807, 2.05) is 60.7 Å². The van der Waals surface area contributed by atoms with Gasteiger partial charge in [-0.1, -0.05) is 48.5 Å². The summed E-state index contributed by atoms with van der Waals surface area (Å²) in [6, 6.07) is 18.8. The molecule has 0 unspecified atom stereocenters. The summed E-state index contributed by atoms with van der Waals surface area (Å²) in [5.41, 5.74) is 1.19. The summed E-state index contributed by atoms with van der Waals surface area (Å²) in [4.78, 5) is 15.9. The molecule has 3 rings (SSSR count). The standard InChI is InChI=1S/C17H13NO3/c19-17-15(11-13-7-3-1-4-8-13)18-16(21-17)12-20-14-9-5-2-6-10-14/h1-11H,12H2/b15-11+. The van der Waals surface area contributed by atoms with Crippen LogP contribution in [0.2, 0.25) is 0 Å². The number of aliphatic imine (C=N–C) groups is 1. The van der Waals surface area contributed by atoms with Gasteiger partial charge >= 0.3 is 5.97 Å². The first kappa shape index (κ1) is 13.1. The van der Waals surface area contributed by atoms with Gasteiger partial charge in [0, 0.05) is 0 Å². The fourth-order valence-corrected chi connectivity index (χ4v) is 1.88. The maximum Gasteiger partial charge on any atom is 0.363 e. The predicted molar refractivity (Wildman–Crippen MR) is 79.9 cm³/mol. The van der Waals surface area contributed by atoms with Crippen molar-refractivity contribution in [3.8, 4) is 5.75 Å². The van der Waals surface area contributed by atoms with Gasteiger partial charge in [-0.25, -0.2) is 9.79 Å². The fraction of sp³-hybridized carbons (Fsp3) is 0.0588. The smallest absolute Gasteiger partial charge is 0.363 e. The van der Waals surface area contributed by atoms with Crippen molar-refractivity contribution >= 4 is 17.9 Å². The summed E-state index contributed by atoms with van der Waals surface area (Å²) >= 11 is 0. The molecule has 1 heterocycles. The van der Waals surface area contributed by atoms with Crippen LogP contribution in [0, 0.1) is 0 Å². The van der Waals surface area contributed by atoms with Gasteiger partial charge in [-0.2, -0.15) is 0 Å². The second-order valence-corrected chi connectivity index (χ2v) is 4.44. The molecule has 0 fully saturated rings. The van der Waals surface area contributed by atoms with E-state index in [2.05, 4.69) is 4.99 Å². The van der Waals surface area contributed by atoms with Crippen molar-refractivity contribution < 1.29 is 14.3 Å². The topological polar surface area (TPSA) is 47.9 Å². The van der Waals surface area contributed by atoms with E-state index >= 15 is 0 Å². The van der Waals surface area contributed by atoms with Gasteiger partial charge in [0.05, 0.1) is 0 Å². The van der Waals surface area contributed by atoms with Gasteiger partial charge in [0.25, 0.3) is 0 Å². The number of cyclic esters (lactones) is 1. The van der Waals surface area contributed by atoms with Gasteiger partial charge in [-0.05, 0) is 23.8 Å². The molecule has 21 heavy (non-hydrogen) atoms. The minimum absolute atomic E-state index is 0.127. The Bertz CT molecular complexity index is 690. The molecular weight excluding hydrogens is 266 g/mol. The minimum atomic E-state index is -0.453. The van der Waals surface area contributed by atoms with E-state index in [9.17, 15) is 4.79 Å². The molecule has 0 atom stereocenters. The van der Waals surface area contributed by atoms with E-state index in [4.69, 9.17) is 9.47 Å². The maximum absolute atomic E-state index is 11.7. The average molecular weight is 279 g/mol. The molecule has 4 nitrogen and oxygen atoms in total. The molecule has 4 heteroatoms. The molecule has 0 amide bonds. The largest absolute Gasteiger partial charge is 0.484 e. The maximum atomic E-state index is 11.7. The van der Waals surface area contributed by atoms with Crippen molar-refractivity contribution in [2.24, 2.45) is 4.99 Å². The Hall–Kier alpha value is -2.88. The molecule has 2 aromatic rings. The molecule has 0 aliphatic carbocycles. The second-order valence-electron chi connectivity index (χ2n) is 4.44. The fourth-order valence-electron chi connectivity index (χ4n) is 1.88. The van der Waals surface area contributed by atoms with E-state index in [1.165, 1.54) is 0 Å². The molecule has 104 valence electrons. The van der Waals surface area contributed by atoms with Crippen molar-refractivity contribution in [1.82, 2.24) is 0 Å². The summed E-state index contributed by atoms with van der Waals surface area (Å²) in [5.74, 6) is 0.522. The van der Waals surface area contributed by atoms with E-state index in [1.54, 1.807) is 6.08 Å². The molecule has 1 aliphatic rings. The Kier molecular flexibility index (Phi) is 3.78. The Balaban J connectivity index is 1.69. The van der Waals surface area contributed by atoms with Crippen LogP contribution < -0.4 is 4.74 Å². The number of hydrogen-bond acceptors (Lipinski definition) is 4. The monoisotopic (exact) mass is 279 g/mol. The molecule has 0 N–H and O–H groups in total. The molecule has 0 spiro atoms. The highest BCUT2D eigenvalue weighted by Gasteiger charge is 2.23. The second kappa shape index (κ2) is 6.05. The summed E-state index contributed by atoms with van der Waals surface area (Å²) in [6.45, 7) is 0.127. The van der Waals surface area contributed by atoms with Crippen LogP contribution in [0.15, 0.2) is 71.4 Å². The highest BCUT2D eigenvalue weighted by atomic mass is 16.6. The third-order valence-corrected chi connectivity index (χ3v) is 2.87. The van der Waals surface area contributed by atoms with Gasteiger partial charge in [-0.3, -0.25) is 0 Å². The predicted octanol–water partition coefficient (Wildman–Crippen LogP) is 3.06. The van der Waals surface area contributed by atoms with Gasteiger partial charge in [-0.15, -0.1) is 0 Å². The van der Waals surface area contributed by atoms with Crippen LogP contribution in [0.3, 0.4) is 0 Å². The number of esters is 1. The van der Waals surface area contributed by atoms with Crippen LogP contribution in [0.5, 0.6) is 5.75 Å². The van der Waals surface area contributed by atoms with Gasteiger partial charge in [0.1, 0.15) is 5.75 Å². The first-order chi connectivity index (χ1) is 10.3. The molecule has 0 saturated carbocycles. The van der Waals surface area contributed by atoms with Crippen LogP contribution in [-0.2, 0) is 9.53 Å². The molecule has 0 aromatic heterocycles. The number of benzene rings is 2. The number of carbonyl (C=O) groups excluding carboxylic acids is 1. The first-order valence-corrected chi connectivity index (χ1v) is 6.55. The summed E-state index contributed by atoms with van der Waals surface area (Å²) in [7, 11) is 0. The minimum Gasteiger partial charge on any atom is -0.484 e. The highest BCUT2D eigenvalue weighted by molar-refractivity contribution is 6.07. The van der Waals surface area contributed by atoms with Crippen molar-refractivity contribution in [2.45, 2.75) is 0 Å². The van der Waals surface area contributed by atoms with Crippen molar-refractivity contribution in [1.29, 1.82) is 0 Å². The number of rotatable bonds is 4. The lowest BCUT2D eigenvalue weighted by atomic mass is 10.2. The Labute approximate surface area is 122 Å². The van der Waals surface area contributed by atoms with Crippen LogP contribution in [0.1, 0.15) is 5.56 Å². The highest BCUT2D eigenvalue weighted by Crippen LogP contribution is 2.16. The molecular formula is C17H13NO3. The summed E-state index contributed by atoms with van der Waals surface area (Å²) in [5, 5.41) is 0. The normalized spacial score (nSPS) is 15.7. The number of carbonyl (C=O) groups is 1. The van der Waals surface area contributed by atoms with Gasteiger partial charge < -0.3 is 9.47 Å². The van der Waals surface area contributed by atoms with Crippen LogP contribution >= 0.6 is 0 Å². The van der Waals surface area contributed by atoms with Gasteiger partial charge in [0.15, 0.2) is 12.3 Å². The van der Waals surface area contributed by atoms with E-state index in [0.717, 1.165) is 5.56 Å². The average Bonchev–Trinajstić information content (AvgIpc) is 2.87. The number of nitrogens with zero attached hydrogens (tertiary/aromatic N) is 1. The SMILES string of the molecule is O=C1OC(COc2ccccc2)=N/C1=C/c1ccccc1. The molecule has 1 aliphatic heterocycles. The zero-order valence-electron chi connectivity index (χ0n) is 11.2. The molecule has 0 bridgehead atoms. The lowest BCUT2D eigenvalue weighted by Gasteiger charge is -2.03. The first-order valence-electron chi connectivity index (χ1n) is 6.55. The lowest BCUT2D eigenvalue weighted by Crippen LogP contribution is -2.13. The third kappa shape index (κ3) is 3.36. The number of ether oxygens (including phenoxy) is 2. The van der Waals surface area contributed by atoms with E-state index in [-0.39, 0.29) is 18.2 Å². The van der Waals surface area contributed by atoms with Crippen LogP contribution in [0.4, 0.5) is 0 Å². The zero-order valence-corrected chi connectivity index (χ0v) is 11.2. The van der Waals surface area contributed by atoms with E-state index < -0.39 is 5.97 Å². The quantitative estimate of drug-likeness (QED) is 0.638. The van der Waals surface area contributed by atoms with Crippen molar-refractivity contribution in [3.63, 3.8) is 0 Å². The van der Waals surface area contributed by atoms with E-state index in [0.29, 0.717) is 5.75 Å². The zero-order chi connectivity index (χ0) is 14.5. The van der Waals surface area contributed by atoms with Gasteiger partial charge in [0.2, 0.25) is 5.90 Å². The summed E-state index contributed by atoms with van der Waals surface area (Å²) in [6.07, 6.45) is 1.69. The Morgan fingerprint density at radius 3 is 2.38 bits per heavy atom.